The number of methoxy groups -OCH3 is 1. The molecule has 4 nitrogen and oxygen atoms in total. The normalized spacial score (nSPS) is 27.6. The minimum Gasteiger partial charge on any atom is -0.383 e. The first-order chi connectivity index (χ1) is 11.3. The highest BCUT2D eigenvalue weighted by atomic mass is 32.1. The minimum absolute atomic E-state index is 0.507. The summed E-state index contributed by atoms with van der Waals surface area (Å²) >= 11 is 7.29. The van der Waals surface area contributed by atoms with Gasteiger partial charge in [0.1, 0.15) is 0 Å². The molecular weight excluding hydrogens is 326 g/mol. The predicted molar refractivity (Wildman–Crippen MR) is 99.9 cm³/mol. The monoisotopic (exact) mass is 353 g/mol. The van der Waals surface area contributed by atoms with Crippen LogP contribution in [0.5, 0.6) is 0 Å². The first-order valence-electron chi connectivity index (χ1n) is 8.57. The third-order valence-corrected chi connectivity index (χ3v) is 6.09. The molecule has 6 heteroatoms. The zero-order valence-electron chi connectivity index (χ0n) is 13.8. The first kappa shape index (κ1) is 17.1. The molecule has 0 aromatic carbocycles. The Balaban J connectivity index is 1.52. The molecule has 0 saturated carbocycles. The van der Waals surface area contributed by atoms with Crippen LogP contribution >= 0.6 is 23.6 Å². The summed E-state index contributed by atoms with van der Waals surface area (Å²) in [5.41, 5.74) is 0. The van der Waals surface area contributed by atoms with Gasteiger partial charge in [0.05, 0.1) is 6.61 Å². The zero-order chi connectivity index (χ0) is 16.1. The Morgan fingerprint density at radius 2 is 2.17 bits per heavy atom. The van der Waals surface area contributed by atoms with E-state index < -0.39 is 0 Å². The highest BCUT2D eigenvalue weighted by molar-refractivity contribution is 7.80. The lowest BCUT2D eigenvalue weighted by Gasteiger charge is -2.49. The van der Waals surface area contributed by atoms with Crippen molar-refractivity contribution in [2.45, 2.75) is 56.8 Å². The van der Waals surface area contributed by atoms with Gasteiger partial charge in [0.2, 0.25) is 0 Å². The Kier molecular flexibility index (Phi) is 6.28. The number of hydrogen-bond donors (Lipinski definition) is 2. The molecule has 2 atom stereocenters. The summed E-state index contributed by atoms with van der Waals surface area (Å²) in [6.45, 7) is 2.58. The van der Waals surface area contributed by atoms with E-state index >= 15 is 0 Å². The number of nitrogens with one attached hydrogen (secondary N) is 2. The average molecular weight is 354 g/mol. The van der Waals surface area contributed by atoms with Gasteiger partial charge >= 0.3 is 0 Å². The van der Waals surface area contributed by atoms with E-state index in [1.165, 1.54) is 37.0 Å². The maximum absolute atomic E-state index is 5.41. The minimum atomic E-state index is 0.507. The molecule has 23 heavy (non-hydrogen) atoms. The molecule has 0 amide bonds. The number of nitrogens with zero attached hydrogens (tertiary/aromatic N) is 1. The molecule has 1 aromatic heterocycles. The number of rotatable bonds is 6. The molecule has 0 aliphatic carbocycles. The number of hydrogen-bond acceptors (Lipinski definition) is 4. The molecule has 2 saturated heterocycles. The second-order valence-corrected chi connectivity index (χ2v) is 7.99. The highest BCUT2D eigenvalue weighted by Gasteiger charge is 2.38. The summed E-state index contributed by atoms with van der Waals surface area (Å²) in [5, 5.41) is 9.71. The van der Waals surface area contributed by atoms with Gasteiger partial charge in [0.15, 0.2) is 5.11 Å². The van der Waals surface area contributed by atoms with Gasteiger partial charge in [0.25, 0.3) is 0 Å². The number of thiophene rings is 1. The van der Waals surface area contributed by atoms with E-state index in [1.54, 1.807) is 7.11 Å². The van der Waals surface area contributed by atoms with E-state index in [-0.39, 0.29) is 0 Å². The Bertz CT molecular complexity index is 480. The summed E-state index contributed by atoms with van der Waals surface area (Å²) in [6.07, 6.45) is 6.43. The summed E-state index contributed by atoms with van der Waals surface area (Å²) in [7, 11) is 1.71. The number of fused-ring (bicyclic) bond motifs is 2. The summed E-state index contributed by atoms with van der Waals surface area (Å²) in [4.78, 5) is 4.24. The smallest absolute Gasteiger partial charge is 0.166 e. The summed E-state index contributed by atoms with van der Waals surface area (Å²) < 4.78 is 5.05. The van der Waals surface area contributed by atoms with Crippen LogP contribution in [0, 0.1) is 0 Å². The quantitative estimate of drug-likeness (QED) is 0.607. The third kappa shape index (κ3) is 4.66. The van der Waals surface area contributed by atoms with Crippen molar-refractivity contribution in [1.82, 2.24) is 15.5 Å². The SMILES string of the molecule is COCCNC(=S)NC1C[C@@H]2CCC[C@@H](C1)N2Cc1cccs1. The van der Waals surface area contributed by atoms with Crippen molar-refractivity contribution >= 4 is 28.7 Å². The van der Waals surface area contributed by atoms with Crippen molar-refractivity contribution in [2.75, 3.05) is 20.3 Å². The van der Waals surface area contributed by atoms with Crippen LogP contribution in [0.4, 0.5) is 0 Å². The van der Waals surface area contributed by atoms with Crippen LogP contribution in [0.25, 0.3) is 0 Å². The van der Waals surface area contributed by atoms with Crippen molar-refractivity contribution in [3.8, 4) is 0 Å². The molecule has 3 rings (SSSR count). The van der Waals surface area contributed by atoms with Crippen molar-refractivity contribution in [3.63, 3.8) is 0 Å². The van der Waals surface area contributed by atoms with Crippen molar-refractivity contribution in [3.05, 3.63) is 22.4 Å². The van der Waals surface area contributed by atoms with Gasteiger partial charge in [-0.05, 0) is 49.3 Å². The van der Waals surface area contributed by atoms with E-state index in [4.69, 9.17) is 17.0 Å². The molecule has 2 aliphatic rings. The van der Waals surface area contributed by atoms with E-state index in [0.29, 0.717) is 24.7 Å². The van der Waals surface area contributed by atoms with E-state index in [1.807, 2.05) is 11.3 Å². The van der Waals surface area contributed by atoms with Gasteiger partial charge in [-0.3, -0.25) is 4.90 Å². The summed E-state index contributed by atoms with van der Waals surface area (Å²) in [6, 6.07) is 6.33. The molecule has 2 aliphatic heterocycles. The van der Waals surface area contributed by atoms with Crippen LogP contribution in [0.1, 0.15) is 37.0 Å². The number of piperidine rings is 2. The standard InChI is InChI=1S/C17H27N3OS2/c1-21-8-7-18-17(22)19-13-10-14-4-2-5-15(11-13)20(14)12-16-6-3-9-23-16/h3,6,9,13-15H,2,4-5,7-8,10-12H2,1H3,(H2,18,19,22)/t14-,15-/m0/s1. The third-order valence-electron chi connectivity index (χ3n) is 4.97. The molecular formula is C17H27N3OS2. The fraction of sp³-hybridized carbons (Fsp3) is 0.706. The molecule has 2 bridgehead atoms. The van der Waals surface area contributed by atoms with Gasteiger partial charge in [-0.25, -0.2) is 0 Å². The lowest BCUT2D eigenvalue weighted by molar-refractivity contribution is 0.0218. The van der Waals surface area contributed by atoms with Crippen LogP contribution in [-0.4, -0.2) is 48.4 Å². The fourth-order valence-corrected chi connectivity index (χ4v) is 4.92. The highest BCUT2D eigenvalue weighted by Crippen LogP contribution is 2.35. The molecule has 0 unspecified atom stereocenters. The number of ether oxygens (including phenoxy) is 1. The largest absolute Gasteiger partial charge is 0.383 e. The molecule has 2 fully saturated rings. The second-order valence-electron chi connectivity index (χ2n) is 6.55. The molecule has 128 valence electrons. The molecule has 3 heterocycles. The maximum atomic E-state index is 5.41. The van der Waals surface area contributed by atoms with E-state index in [0.717, 1.165) is 18.2 Å². The van der Waals surface area contributed by atoms with E-state index in [2.05, 4.69) is 33.0 Å². The Hall–Kier alpha value is -0.690. The van der Waals surface area contributed by atoms with Gasteiger partial charge in [-0.2, -0.15) is 0 Å². The molecule has 2 N–H and O–H groups in total. The first-order valence-corrected chi connectivity index (χ1v) is 9.86. The predicted octanol–water partition coefficient (Wildman–Crippen LogP) is 2.74. The van der Waals surface area contributed by atoms with Gasteiger partial charge in [-0.1, -0.05) is 12.5 Å². The Morgan fingerprint density at radius 3 is 2.83 bits per heavy atom. The van der Waals surface area contributed by atoms with Crippen molar-refractivity contribution in [2.24, 2.45) is 0 Å². The Morgan fingerprint density at radius 1 is 1.39 bits per heavy atom. The van der Waals surface area contributed by atoms with Crippen LogP contribution in [0.15, 0.2) is 17.5 Å². The van der Waals surface area contributed by atoms with Gasteiger partial charge in [0, 0.05) is 43.2 Å². The molecule has 0 spiro atoms. The van der Waals surface area contributed by atoms with Gasteiger partial charge in [-0.15, -0.1) is 11.3 Å². The number of thiocarbonyl (C=S) groups is 1. The van der Waals surface area contributed by atoms with Crippen molar-refractivity contribution in [1.29, 1.82) is 0 Å². The fourth-order valence-electron chi connectivity index (χ4n) is 3.94. The van der Waals surface area contributed by atoms with Crippen LogP contribution in [0.2, 0.25) is 0 Å². The maximum Gasteiger partial charge on any atom is 0.166 e. The molecule has 0 radical (unpaired) electrons. The van der Waals surface area contributed by atoms with E-state index in [9.17, 15) is 0 Å². The summed E-state index contributed by atoms with van der Waals surface area (Å²) in [5.74, 6) is 0. The Labute approximate surface area is 148 Å². The second kappa shape index (κ2) is 8.42. The topological polar surface area (TPSA) is 36.5 Å². The lowest BCUT2D eigenvalue weighted by Crippen LogP contribution is -2.57. The zero-order valence-corrected chi connectivity index (χ0v) is 15.4. The lowest BCUT2D eigenvalue weighted by atomic mass is 9.81. The van der Waals surface area contributed by atoms with Crippen molar-refractivity contribution < 1.29 is 4.74 Å². The average Bonchev–Trinajstić information content (AvgIpc) is 3.01. The van der Waals surface area contributed by atoms with Crippen LogP contribution in [0.3, 0.4) is 0 Å². The van der Waals surface area contributed by atoms with Gasteiger partial charge < -0.3 is 15.4 Å². The molecule has 1 aromatic rings. The van der Waals surface area contributed by atoms with Crippen LogP contribution in [-0.2, 0) is 11.3 Å². The van der Waals surface area contributed by atoms with Crippen LogP contribution < -0.4 is 10.6 Å².